The number of carbonyl (C=O) groups excluding carboxylic acids is 1. The number of carbonyl (C=O) groups is 1. The average Bonchev–Trinajstić information content (AvgIpc) is 3.41. The van der Waals surface area contributed by atoms with Crippen molar-refractivity contribution in [2.75, 3.05) is 31.1 Å². The standard InChI is InChI=1S/C24H27FN8O/c1-15(17-4-6-18(25)7-5-17)28-24(34)33-10-8-32(9-11-33)23-19-12-21(29-22(19)26-14-27-23)20-13-31(3)30-16(20)2/h4-7,12-15H,8-11H2,1-3H3,(H,28,34)(H,26,27,29)/t15-/m0/s1. The number of rotatable bonds is 4. The number of amides is 2. The molecule has 0 bridgehead atoms. The minimum Gasteiger partial charge on any atom is -0.352 e. The topological polar surface area (TPSA) is 95.0 Å². The minimum absolute atomic E-state index is 0.125. The molecule has 1 atom stereocenters. The van der Waals surface area contributed by atoms with E-state index >= 15 is 0 Å². The van der Waals surface area contributed by atoms with Gasteiger partial charge in [0.2, 0.25) is 0 Å². The molecule has 176 valence electrons. The third-order valence-electron chi connectivity index (χ3n) is 6.28. The largest absolute Gasteiger partial charge is 0.352 e. The van der Waals surface area contributed by atoms with Gasteiger partial charge < -0.3 is 20.1 Å². The van der Waals surface area contributed by atoms with Crippen LogP contribution in [0.4, 0.5) is 15.0 Å². The number of urea groups is 1. The molecule has 0 unspecified atom stereocenters. The molecule has 0 radical (unpaired) electrons. The first-order valence-electron chi connectivity index (χ1n) is 11.3. The fourth-order valence-corrected chi connectivity index (χ4v) is 4.42. The average molecular weight is 463 g/mol. The molecular weight excluding hydrogens is 435 g/mol. The van der Waals surface area contributed by atoms with Crippen molar-refractivity contribution in [1.82, 2.24) is 34.9 Å². The Bertz CT molecular complexity index is 1320. The van der Waals surface area contributed by atoms with Crippen molar-refractivity contribution in [2.45, 2.75) is 19.9 Å². The number of aryl methyl sites for hydroxylation is 2. The highest BCUT2D eigenvalue weighted by molar-refractivity contribution is 5.92. The predicted octanol–water partition coefficient (Wildman–Crippen LogP) is 3.40. The highest BCUT2D eigenvalue weighted by Gasteiger charge is 2.25. The highest BCUT2D eigenvalue weighted by Crippen LogP contribution is 2.30. The molecule has 1 aliphatic rings. The number of anilines is 1. The summed E-state index contributed by atoms with van der Waals surface area (Å²) in [6.45, 7) is 6.35. The minimum atomic E-state index is -0.289. The van der Waals surface area contributed by atoms with E-state index in [-0.39, 0.29) is 17.9 Å². The smallest absolute Gasteiger partial charge is 0.317 e. The van der Waals surface area contributed by atoms with Gasteiger partial charge in [0.1, 0.15) is 23.6 Å². The number of hydrogen-bond acceptors (Lipinski definition) is 5. The summed E-state index contributed by atoms with van der Waals surface area (Å²) in [6, 6.07) is 7.93. The van der Waals surface area contributed by atoms with Gasteiger partial charge in [-0.25, -0.2) is 19.2 Å². The number of hydrogen-bond donors (Lipinski definition) is 2. The van der Waals surface area contributed by atoms with Crippen LogP contribution in [0.2, 0.25) is 0 Å². The van der Waals surface area contributed by atoms with Crippen LogP contribution in [0.5, 0.6) is 0 Å². The number of piperazine rings is 1. The summed E-state index contributed by atoms with van der Waals surface area (Å²) in [4.78, 5) is 29.1. The first-order chi connectivity index (χ1) is 16.4. The van der Waals surface area contributed by atoms with E-state index < -0.39 is 0 Å². The Morgan fingerprint density at radius 2 is 1.88 bits per heavy atom. The zero-order valence-corrected chi connectivity index (χ0v) is 19.4. The molecule has 1 aliphatic heterocycles. The van der Waals surface area contributed by atoms with Crippen molar-refractivity contribution in [1.29, 1.82) is 0 Å². The normalized spacial score (nSPS) is 15.1. The second-order valence-electron chi connectivity index (χ2n) is 8.64. The molecule has 9 nitrogen and oxygen atoms in total. The lowest BCUT2D eigenvalue weighted by molar-refractivity contribution is 0.191. The number of fused-ring (bicyclic) bond motifs is 1. The third-order valence-corrected chi connectivity index (χ3v) is 6.28. The van der Waals surface area contributed by atoms with Gasteiger partial charge in [0.25, 0.3) is 0 Å². The van der Waals surface area contributed by atoms with Crippen LogP contribution in [0.25, 0.3) is 22.3 Å². The molecule has 10 heteroatoms. The van der Waals surface area contributed by atoms with Gasteiger partial charge in [-0.15, -0.1) is 0 Å². The molecule has 4 heterocycles. The Hall–Kier alpha value is -3.95. The fourth-order valence-electron chi connectivity index (χ4n) is 4.42. The van der Waals surface area contributed by atoms with Gasteiger partial charge in [0.15, 0.2) is 0 Å². The summed E-state index contributed by atoms with van der Waals surface area (Å²) >= 11 is 0. The molecule has 2 amide bonds. The third kappa shape index (κ3) is 4.18. The molecule has 1 fully saturated rings. The van der Waals surface area contributed by atoms with E-state index in [1.165, 1.54) is 12.1 Å². The lowest BCUT2D eigenvalue weighted by Gasteiger charge is -2.36. The number of H-pyrrole nitrogens is 1. The van der Waals surface area contributed by atoms with Crippen molar-refractivity contribution in [2.24, 2.45) is 7.05 Å². The lowest BCUT2D eigenvalue weighted by Crippen LogP contribution is -2.52. The molecule has 5 rings (SSSR count). The Morgan fingerprint density at radius 1 is 1.15 bits per heavy atom. The Labute approximate surface area is 196 Å². The summed E-state index contributed by atoms with van der Waals surface area (Å²) < 4.78 is 15.0. The molecular formula is C24H27FN8O. The number of aromatic amines is 1. The van der Waals surface area contributed by atoms with Gasteiger partial charge in [-0.2, -0.15) is 5.10 Å². The SMILES string of the molecule is Cc1nn(C)cc1-c1cc2c(N3CCN(C(=O)N[C@@H](C)c4ccc(F)cc4)CC3)ncnc2[nH]1. The van der Waals surface area contributed by atoms with Crippen molar-refractivity contribution >= 4 is 22.9 Å². The Morgan fingerprint density at radius 3 is 2.56 bits per heavy atom. The van der Waals surface area contributed by atoms with Crippen LogP contribution < -0.4 is 10.2 Å². The van der Waals surface area contributed by atoms with E-state index in [0.717, 1.165) is 39.4 Å². The van der Waals surface area contributed by atoms with Crippen LogP contribution in [0.15, 0.2) is 42.9 Å². The first-order valence-corrected chi connectivity index (χ1v) is 11.3. The maximum Gasteiger partial charge on any atom is 0.317 e. The molecule has 1 saturated heterocycles. The highest BCUT2D eigenvalue weighted by atomic mass is 19.1. The van der Waals surface area contributed by atoms with Gasteiger partial charge >= 0.3 is 6.03 Å². The van der Waals surface area contributed by atoms with Gasteiger partial charge in [-0.3, -0.25) is 4.68 Å². The molecule has 1 aromatic carbocycles. The maximum absolute atomic E-state index is 13.2. The van der Waals surface area contributed by atoms with Crippen LogP contribution in [-0.2, 0) is 7.05 Å². The van der Waals surface area contributed by atoms with Gasteiger partial charge in [0, 0.05) is 45.0 Å². The van der Waals surface area contributed by atoms with Crippen LogP contribution in [0.1, 0.15) is 24.2 Å². The lowest BCUT2D eigenvalue weighted by atomic mass is 10.1. The number of nitrogens with one attached hydrogen (secondary N) is 2. The summed E-state index contributed by atoms with van der Waals surface area (Å²) in [5.74, 6) is 0.566. The summed E-state index contributed by atoms with van der Waals surface area (Å²) in [7, 11) is 1.90. The maximum atomic E-state index is 13.2. The van der Waals surface area contributed by atoms with Crippen LogP contribution in [-0.4, -0.2) is 61.8 Å². The van der Waals surface area contributed by atoms with Crippen molar-refractivity contribution in [3.8, 4) is 11.3 Å². The summed E-state index contributed by atoms with van der Waals surface area (Å²) in [5, 5.41) is 8.38. The second kappa shape index (κ2) is 8.77. The van der Waals surface area contributed by atoms with E-state index in [4.69, 9.17) is 0 Å². The number of aromatic nitrogens is 5. The summed E-state index contributed by atoms with van der Waals surface area (Å²) in [5.41, 5.74) is 4.57. The van der Waals surface area contributed by atoms with E-state index in [2.05, 4.69) is 36.3 Å². The van der Waals surface area contributed by atoms with E-state index in [1.807, 2.05) is 27.1 Å². The zero-order chi connectivity index (χ0) is 23.8. The summed E-state index contributed by atoms with van der Waals surface area (Å²) in [6.07, 6.45) is 3.55. The number of halogens is 1. The fraction of sp³-hybridized carbons (Fsp3) is 0.333. The monoisotopic (exact) mass is 462 g/mol. The van der Waals surface area contributed by atoms with Gasteiger partial charge in [-0.1, -0.05) is 12.1 Å². The van der Waals surface area contributed by atoms with Crippen LogP contribution >= 0.6 is 0 Å². The number of nitrogens with zero attached hydrogens (tertiary/aromatic N) is 6. The molecule has 0 aliphatic carbocycles. The molecule has 0 spiro atoms. The van der Waals surface area contributed by atoms with Gasteiger partial charge in [0.05, 0.1) is 22.8 Å². The van der Waals surface area contributed by atoms with Crippen molar-refractivity contribution in [3.63, 3.8) is 0 Å². The zero-order valence-electron chi connectivity index (χ0n) is 19.4. The van der Waals surface area contributed by atoms with E-state index in [1.54, 1.807) is 28.0 Å². The van der Waals surface area contributed by atoms with Crippen molar-refractivity contribution in [3.05, 3.63) is 59.9 Å². The Kier molecular flexibility index (Phi) is 5.64. The van der Waals surface area contributed by atoms with E-state index in [9.17, 15) is 9.18 Å². The predicted molar refractivity (Wildman–Crippen MR) is 128 cm³/mol. The van der Waals surface area contributed by atoms with E-state index in [0.29, 0.717) is 26.2 Å². The molecule has 4 aromatic rings. The quantitative estimate of drug-likeness (QED) is 0.485. The molecule has 0 saturated carbocycles. The van der Waals surface area contributed by atoms with Crippen LogP contribution in [0.3, 0.4) is 0 Å². The molecule has 34 heavy (non-hydrogen) atoms. The second-order valence-corrected chi connectivity index (χ2v) is 8.64. The molecule has 2 N–H and O–H groups in total. The number of benzene rings is 1. The van der Waals surface area contributed by atoms with Crippen molar-refractivity contribution < 1.29 is 9.18 Å². The first kappa shape index (κ1) is 21.9. The van der Waals surface area contributed by atoms with Crippen LogP contribution in [0, 0.1) is 12.7 Å². The Balaban J connectivity index is 1.27. The molecule has 3 aromatic heterocycles. The van der Waals surface area contributed by atoms with Gasteiger partial charge in [-0.05, 0) is 37.6 Å².